The summed E-state index contributed by atoms with van der Waals surface area (Å²) in [5, 5.41) is -0.112. The monoisotopic (exact) mass is 221 g/mol. The first-order valence-electron chi connectivity index (χ1n) is 3.57. The Labute approximate surface area is 83.7 Å². The molecule has 14 heavy (non-hydrogen) atoms. The van der Waals surface area contributed by atoms with Gasteiger partial charge in [-0.3, -0.25) is 4.79 Å². The van der Waals surface area contributed by atoms with Gasteiger partial charge in [-0.2, -0.15) is 0 Å². The second-order valence-electron chi connectivity index (χ2n) is 2.37. The van der Waals surface area contributed by atoms with E-state index in [9.17, 15) is 13.6 Å². The first kappa shape index (κ1) is 10.8. The number of nitrogens with zero attached hydrogens (tertiary/aromatic N) is 1. The zero-order valence-corrected chi connectivity index (χ0v) is 7.89. The summed E-state index contributed by atoms with van der Waals surface area (Å²) in [4.78, 5) is 14.0. The van der Waals surface area contributed by atoms with Gasteiger partial charge in [0.15, 0.2) is 17.2 Å². The van der Waals surface area contributed by atoms with Crippen LogP contribution in [0.15, 0.2) is 6.20 Å². The topological polar surface area (TPSA) is 39.2 Å². The standard InChI is InChI=1S/C8H6ClF2NO2/c1-14-6-5(3-13)4(8(10)11)2-12-7(6)9/h2-3,8H,1H3. The smallest absolute Gasteiger partial charge is 0.266 e. The van der Waals surface area contributed by atoms with Crippen molar-refractivity contribution in [3.63, 3.8) is 0 Å². The largest absolute Gasteiger partial charge is 0.493 e. The maximum atomic E-state index is 12.4. The fourth-order valence-electron chi connectivity index (χ4n) is 0.986. The van der Waals surface area contributed by atoms with Crippen molar-refractivity contribution in [2.45, 2.75) is 6.43 Å². The number of aldehydes is 1. The molecule has 0 atom stereocenters. The van der Waals surface area contributed by atoms with Crippen LogP contribution in [0.2, 0.25) is 5.15 Å². The number of hydrogen-bond donors (Lipinski definition) is 0. The van der Waals surface area contributed by atoms with Crippen LogP contribution in [0.25, 0.3) is 0 Å². The van der Waals surface area contributed by atoms with Gasteiger partial charge in [-0.05, 0) is 0 Å². The lowest BCUT2D eigenvalue weighted by molar-refractivity contribution is 0.110. The van der Waals surface area contributed by atoms with Gasteiger partial charge in [0, 0.05) is 6.20 Å². The molecule has 0 unspecified atom stereocenters. The highest BCUT2D eigenvalue weighted by Crippen LogP contribution is 2.32. The Morgan fingerprint density at radius 1 is 1.64 bits per heavy atom. The predicted molar refractivity (Wildman–Crippen MR) is 46.1 cm³/mol. The Hall–Kier alpha value is -1.23. The van der Waals surface area contributed by atoms with Crippen LogP contribution in [0.5, 0.6) is 5.75 Å². The third kappa shape index (κ3) is 1.82. The van der Waals surface area contributed by atoms with Gasteiger partial charge < -0.3 is 4.74 Å². The first-order valence-corrected chi connectivity index (χ1v) is 3.95. The third-order valence-electron chi connectivity index (χ3n) is 1.62. The summed E-state index contributed by atoms with van der Waals surface area (Å²) >= 11 is 5.55. The number of carbonyl (C=O) groups is 1. The minimum atomic E-state index is -2.78. The van der Waals surface area contributed by atoms with E-state index in [1.54, 1.807) is 0 Å². The molecule has 0 saturated heterocycles. The van der Waals surface area contributed by atoms with Crippen LogP contribution in [0, 0.1) is 0 Å². The average Bonchev–Trinajstić information content (AvgIpc) is 2.16. The van der Waals surface area contributed by atoms with Crippen molar-refractivity contribution in [1.29, 1.82) is 0 Å². The van der Waals surface area contributed by atoms with Gasteiger partial charge in [-0.25, -0.2) is 13.8 Å². The summed E-state index contributed by atoms with van der Waals surface area (Å²) in [6.07, 6.45) is -1.65. The molecule has 0 aliphatic heterocycles. The minimum Gasteiger partial charge on any atom is -0.493 e. The van der Waals surface area contributed by atoms with E-state index in [1.807, 2.05) is 0 Å². The normalized spacial score (nSPS) is 10.4. The summed E-state index contributed by atoms with van der Waals surface area (Å²) in [5.74, 6) is -0.125. The molecule has 0 aliphatic carbocycles. The van der Waals surface area contributed by atoms with Crippen molar-refractivity contribution in [1.82, 2.24) is 4.98 Å². The number of pyridine rings is 1. The number of rotatable bonds is 3. The lowest BCUT2D eigenvalue weighted by Gasteiger charge is -2.08. The van der Waals surface area contributed by atoms with Crippen LogP contribution in [0.4, 0.5) is 8.78 Å². The fourth-order valence-corrected chi connectivity index (χ4v) is 1.21. The van der Waals surface area contributed by atoms with Crippen molar-refractivity contribution in [3.05, 3.63) is 22.5 Å². The van der Waals surface area contributed by atoms with Gasteiger partial charge in [-0.15, -0.1) is 0 Å². The number of ether oxygens (including phenoxy) is 1. The molecule has 0 amide bonds. The van der Waals surface area contributed by atoms with E-state index >= 15 is 0 Å². The fraction of sp³-hybridized carbons (Fsp3) is 0.250. The van der Waals surface area contributed by atoms with Crippen LogP contribution in [-0.2, 0) is 0 Å². The van der Waals surface area contributed by atoms with Crippen molar-refractivity contribution < 1.29 is 18.3 Å². The Morgan fingerprint density at radius 2 is 2.29 bits per heavy atom. The van der Waals surface area contributed by atoms with E-state index < -0.39 is 12.0 Å². The number of carbonyl (C=O) groups excluding carboxylic acids is 1. The number of hydrogen-bond acceptors (Lipinski definition) is 3. The quantitative estimate of drug-likeness (QED) is 0.582. The lowest BCUT2D eigenvalue weighted by Crippen LogP contribution is -2.00. The van der Waals surface area contributed by atoms with Crippen molar-refractivity contribution in [2.75, 3.05) is 7.11 Å². The summed E-state index contributed by atoms with van der Waals surface area (Å²) in [5.41, 5.74) is -0.747. The molecule has 0 spiro atoms. The van der Waals surface area contributed by atoms with Crippen molar-refractivity contribution in [3.8, 4) is 5.75 Å². The number of alkyl halides is 2. The Kier molecular flexibility index (Phi) is 3.35. The van der Waals surface area contributed by atoms with E-state index in [2.05, 4.69) is 4.98 Å². The SMILES string of the molecule is COc1c(Cl)ncc(C(F)F)c1C=O. The van der Waals surface area contributed by atoms with Gasteiger partial charge in [0.25, 0.3) is 6.43 Å². The van der Waals surface area contributed by atoms with Crippen LogP contribution in [0.3, 0.4) is 0 Å². The molecule has 0 aromatic carbocycles. The highest BCUT2D eigenvalue weighted by Gasteiger charge is 2.19. The molecule has 6 heteroatoms. The summed E-state index contributed by atoms with van der Waals surface area (Å²) < 4.78 is 29.4. The lowest BCUT2D eigenvalue weighted by atomic mass is 10.1. The second-order valence-corrected chi connectivity index (χ2v) is 2.73. The second kappa shape index (κ2) is 4.32. The molecule has 0 fully saturated rings. The van der Waals surface area contributed by atoms with Gasteiger partial charge in [-0.1, -0.05) is 11.6 Å². The van der Waals surface area contributed by atoms with Gasteiger partial charge >= 0.3 is 0 Å². The minimum absolute atomic E-state index is 0.112. The van der Waals surface area contributed by atoms with Crippen LogP contribution in [0.1, 0.15) is 22.3 Å². The van der Waals surface area contributed by atoms with Gasteiger partial charge in [0.1, 0.15) is 0 Å². The van der Waals surface area contributed by atoms with Crippen LogP contribution >= 0.6 is 11.6 Å². The zero-order valence-electron chi connectivity index (χ0n) is 7.13. The van der Waals surface area contributed by atoms with E-state index in [4.69, 9.17) is 16.3 Å². The molecule has 0 bridgehead atoms. The third-order valence-corrected chi connectivity index (χ3v) is 1.89. The van der Waals surface area contributed by atoms with E-state index in [1.165, 1.54) is 7.11 Å². The molecule has 1 aromatic heterocycles. The number of aromatic nitrogens is 1. The van der Waals surface area contributed by atoms with Crippen LogP contribution < -0.4 is 4.74 Å². The van der Waals surface area contributed by atoms with Crippen molar-refractivity contribution >= 4 is 17.9 Å². The highest BCUT2D eigenvalue weighted by atomic mass is 35.5. The molecule has 0 radical (unpaired) electrons. The Balaban J connectivity index is 3.40. The van der Waals surface area contributed by atoms with E-state index in [-0.39, 0.29) is 22.8 Å². The summed E-state index contributed by atoms with van der Waals surface area (Å²) in [6.45, 7) is 0. The molecular weight excluding hydrogens is 216 g/mol. The molecule has 0 N–H and O–H groups in total. The van der Waals surface area contributed by atoms with Gasteiger partial charge in [0.2, 0.25) is 0 Å². The highest BCUT2D eigenvalue weighted by molar-refractivity contribution is 6.31. The molecule has 0 saturated carbocycles. The molecule has 0 aliphatic rings. The van der Waals surface area contributed by atoms with Gasteiger partial charge in [0.05, 0.1) is 18.2 Å². The molecule has 76 valence electrons. The number of methoxy groups -OCH3 is 1. The molecule has 1 aromatic rings. The Morgan fingerprint density at radius 3 is 2.71 bits per heavy atom. The number of halogens is 3. The van der Waals surface area contributed by atoms with Crippen LogP contribution in [-0.4, -0.2) is 18.4 Å². The average molecular weight is 222 g/mol. The molecule has 3 nitrogen and oxygen atoms in total. The molecular formula is C8H6ClF2NO2. The Bertz CT molecular complexity index is 357. The van der Waals surface area contributed by atoms with Crippen molar-refractivity contribution in [2.24, 2.45) is 0 Å². The molecule has 1 rings (SSSR count). The molecule has 1 heterocycles. The maximum absolute atomic E-state index is 12.4. The first-order chi connectivity index (χ1) is 6.61. The van der Waals surface area contributed by atoms with E-state index in [0.717, 1.165) is 6.20 Å². The zero-order chi connectivity index (χ0) is 10.7. The maximum Gasteiger partial charge on any atom is 0.266 e. The summed E-state index contributed by atoms with van der Waals surface area (Å²) in [7, 11) is 1.23. The summed E-state index contributed by atoms with van der Waals surface area (Å²) in [6, 6.07) is 0. The predicted octanol–water partition coefficient (Wildman–Crippen LogP) is 2.49. The van der Waals surface area contributed by atoms with E-state index in [0.29, 0.717) is 0 Å².